The Hall–Kier alpha value is -0.710. The highest BCUT2D eigenvalue weighted by atomic mass is 32.2. The predicted molar refractivity (Wildman–Crippen MR) is 81.1 cm³/mol. The molecule has 1 atom stereocenters. The van der Waals surface area contributed by atoms with Gasteiger partial charge in [-0.2, -0.15) is 0 Å². The number of rotatable bonds is 4. The molecule has 4 heteroatoms. The van der Waals surface area contributed by atoms with E-state index in [2.05, 4.69) is 12.1 Å². The highest BCUT2D eigenvalue weighted by Gasteiger charge is 2.00. The van der Waals surface area contributed by atoms with Crippen molar-refractivity contribution < 1.29 is 8.32 Å². The van der Waals surface area contributed by atoms with Gasteiger partial charge in [-0.25, -0.2) is 0 Å². The van der Waals surface area contributed by atoms with E-state index in [0.717, 1.165) is 9.79 Å². The highest BCUT2D eigenvalue weighted by Crippen LogP contribution is 2.29. The first-order valence-corrected chi connectivity index (χ1v) is 8.43. The largest absolute Gasteiger partial charge is 0.255 e. The van der Waals surface area contributed by atoms with Crippen molar-refractivity contribution in [2.45, 2.75) is 19.6 Å². The van der Waals surface area contributed by atoms with Crippen molar-refractivity contribution in [3.05, 3.63) is 48.5 Å². The summed E-state index contributed by atoms with van der Waals surface area (Å²) < 4.78 is 33.3. The van der Waals surface area contributed by atoms with Crippen molar-refractivity contribution in [1.29, 1.82) is 0 Å². The Morgan fingerprint density at radius 3 is 1.94 bits per heavy atom. The molecule has 0 heterocycles. The zero-order valence-electron chi connectivity index (χ0n) is 12.8. The van der Waals surface area contributed by atoms with Crippen LogP contribution in [0.25, 0.3) is 0 Å². The zero-order valence-corrected chi connectivity index (χ0v) is 12.2. The SMILES string of the molecule is [2H]C([2H])([2H])S(=O)c1ccc(Sc2ccc(SC)cc2)cc1. The van der Waals surface area contributed by atoms with Crippen LogP contribution in [0.4, 0.5) is 0 Å². The zero-order chi connectivity index (χ0) is 15.5. The van der Waals surface area contributed by atoms with Crippen molar-refractivity contribution in [2.75, 3.05) is 12.4 Å². The van der Waals surface area contributed by atoms with Gasteiger partial charge < -0.3 is 0 Å². The summed E-state index contributed by atoms with van der Waals surface area (Å²) in [5, 5.41) is 0. The van der Waals surface area contributed by atoms with Gasteiger partial charge in [-0.1, -0.05) is 11.8 Å². The van der Waals surface area contributed by atoms with Crippen LogP contribution in [0.15, 0.2) is 68.1 Å². The maximum atomic E-state index is 11.7. The molecule has 0 radical (unpaired) electrons. The fraction of sp³-hybridized carbons (Fsp3) is 0.143. The number of hydrogen-bond acceptors (Lipinski definition) is 3. The van der Waals surface area contributed by atoms with Crippen molar-refractivity contribution in [1.82, 2.24) is 0 Å². The first-order valence-electron chi connectivity index (χ1n) is 6.74. The Kier molecular flexibility index (Phi) is 3.63. The van der Waals surface area contributed by atoms with Gasteiger partial charge in [0.15, 0.2) is 0 Å². The Balaban J connectivity index is 2.10. The van der Waals surface area contributed by atoms with E-state index in [-0.39, 0.29) is 0 Å². The van der Waals surface area contributed by atoms with E-state index in [4.69, 9.17) is 4.11 Å². The van der Waals surface area contributed by atoms with E-state index >= 15 is 0 Å². The second kappa shape index (κ2) is 6.45. The standard InChI is InChI=1S/C14H14OS3/c1-16-11-3-5-12(6-4-11)17-13-7-9-14(10-8-13)18(2)15/h3-10H,1-2H3/i2D3. The molecule has 0 N–H and O–H groups in total. The first-order chi connectivity index (χ1) is 9.90. The predicted octanol–water partition coefficient (Wildman–Crippen LogP) is 4.30. The van der Waals surface area contributed by atoms with E-state index in [1.165, 1.54) is 4.90 Å². The third-order valence-electron chi connectivity index (χ3n) is 2.33. The lowest BCUT2D eigenvalue weighted by Gasteiger charge is -2.03. The smallest absolute Gasteiger partial charge is 0.0498 e. The minimum absolute atomic E-state index is 0.331. The van der Waals surface area contributed by atoms with Crippen LogP contribution in [-0.2, 0) is 10.8 Å². The maximum absolute atomic E-state index is 11.7. The molecule has 0 amide bonds. The van der Waals surface area contributed by atoms with Crippen molar-refractivity contribution in [3.63, 3.8) is 0 Å². The van der Waals surface area contributed by atoms with Crippen LogP contribution in [0.3, 0.4) is 0 Å². The van der Waals surface area contributed by atoms with Crippen LogP contribution in [0.2, 0.25) is 0 Å². The maximum Gasteiger partial charge on any atom is 0.0498 e. The Bertz CT molecular complexity index is 621. The molecule has 1 unspecified atom stereocenters. The number of benzene rings is 2. The van der Waals surface area contributed by atoms with E-state index in [9.17, 15) is 4.21 Å². The van der Waals surface area contributed by atoms with Gasteiger partial charge in [0, 0.05) is 40.7 Å². The molecule has 0 aliphatic rings. The van der Waals surface area contributed by atoms with E-state index in [0.29, 0.717) is 4.90 Å². The quantitative estimate of drug-likeness (QED) is 0.783. The Labute approximate surface area is 123 Å². The lowest BCUT2D eigenvalue weighted by molar-refractivity contribution is 0.686. The highest BCUT2D eigenvalue weighted by molar-refractivity contribution is 7.99. The number of hydrogen-bond donors (Lipinski definition) is 0. The monoisotopic (exact) mass is 297 g/mol. The second-order valence-corrected chi connectivity index (χ2v) is 6.55. The van der Waals surface area contributed by atoms with E-state index in [1.54, 1.807) is 47.8 Å². The summed E-state index contributed by atoms with van der Waals surface area (Å²) >= 11 is 3.28. The molecule has 0 aliphatic heterocycles. The van der Waals surface area contributed by atoms with Crippen molar-refractivity contribution >= 4 is 34.3 Å². The van der Waals surface area contributed by atoms with Crippen LogP contribution in [0.1, 0.15) is 4.11 Å². The third kappa shape index (κ3) is 3.64. The fourth-order valence-electron chi connectivity index (χ4n) is 1.41. The molecule has 18 heavy (non-hydrogen) atoms. The summed E-state index contributed by atoms with van der Waals surface area (Å²) in [4.78, 5) is 3.63. The van der Waals surface area contributed by atoms with Gasteiger partial charge in [0.1, 0.15) is 0 Å². The van der Waals surface area contributed by atoms with E-state index < -0.39 is 17.0 Å². The molecule has 2 rings (SSSR count). The Morgan fingerprint density at radius 2 is 1.44 bits per heavy atom. The molecule has 0 fully saturated rings. The Morgan fingerprint density at radius 1 is 0.944 bits per heavy atom. The lowest BCUT2D eigenvalue weighted by atomic mass is 10.4. The average molecular weight is 297 g/mol. The molecule has 1 nitrogen and oxygen atoms in total. The average Bonchev–Trinajstić information content (AvgIpc) is 2.47. The van der Waals surface area contributed by atoms with Gasteiger partial charge in [-0.05, 0) is 54.8 Å². The van der Waals surface area contributed by atoms with Gasteiger partial charge in [0.2, 0.25) is 0 Å². The van der Waals surface area contributed by atoms with Gasteiger partial charge in [0.25, 0.3) is 0 Å². The van der Waals surface area contributed by atoms with Crippen molar-refractivity contribution in [3.8, 4) is 0 Å². The molecule has 0 aromatic heterocycles. The molecule has 2 aromatic carbocycles. The normalized spacial score (nSPS) is 15.5. The molecular formula is C14H14OS3. The summed E-state index contributed by atoms with van der Waals surface area (Å²) in [5.74, 6) is 0. The minimum atomic E-state index is -2.47. The fourth-order valence-corrected chi connectivity index (χ4v) is 3.02. The summed E-state index contributed by atoms with van der Waals surface area (Å²) in [6, 6.07) is 15.0. The lowest BCUT2D eigenvalue weighted by Crippen LogP contribution is -1.85. The third-order valence-corrected chi connectivity index (χ3v) is 4.79. The summed E-state index contributed by atoms with van der Waals surface area (Å²) in [6.07, 6.45) is -0.436. The summed E-state index contributed by atoms with van der Waals surface area (Å²) in [7, 11) is -1.97. The van der Waals surface area contributed by atoms with Crippen LogP contribution in [0.5, 0.6) is 0 Å². The molecule has 0 spiro atoms. The van der Waals surface area contributed by atoms with Crippen LogP contribution < -0.4 is 0 Å². The van der Waals surface area contributed by atoms with Gasteiger partial charge >= 0.3 is 0 Å². The van der Waals surface area contributed by atoms with Crippen LogP contribution in [0, 0.1) is 0 Å². The first kappa shape index (κ1) is 10.1. The van der Waals surface area contributed by atoms with E-state index in [1.807, 2.05) is 18.4 Å². The molecule has 0 bridgehead atoms. The molecule has 0 saturated carbocycles. The van der Waals surface area contributed by atoms with Gasteiger partial charge in [-0.3, -0.25) is 4.21 Å². The number of thioether (sulfide) groups is 1. The van der Waals surface area contributed by atoms with Crippen LogP contribution in [-0.4, -0.2) is 16.6 Å². The van der Waals surface area contributed by atoms with Crippen molar-refractivity contribution in [2.24, 2.45) is 0 Å². The summed E-state index contributed by atoms with van der Waals surface area (Å²) in [5.41, 5.74) is 0. The minimum Gasteiger partial charge on any atom is -0.255 e. The second-order valence-electron chi connectivity index (χ2n) is 3.52. The summed E-state index contributed by atoms with van der Waals surface area (Å²) in [6.45, 7) is 0. The molecule has 0 saturated heterocycles. The molecule has 0 aliphatic carbocycles. The molecular weight excluding hydrogens is 280 g/mol. The van der Waals surface area contributed by atoms with Crippen LogP contribution >= 0.6 is 23.5 Å². The van der Waals surface area contributed by atoms with Gasteiger partial charge in [0.05, 0.1) is 0 Å². The topological polar surface area (TPSA) is 17.1 Å². The molecule has 2 aromatic rings. The van der Waals surface area contributed by atoms with Gasteiger partial charge in [-0.15, -0.1) is 11.8 Å². The molecule has 94 valence electrons.